The Bertz CT molecular complexity index is 209. The molecule has 6 N–H and O–H groups in total. The predicted octanol–water partition coefficient (Wildman–Crippen LogP) is -0.486. The van der Waals surface area contributed by atoms with Gasteiger partial charge < -0.3 is 26.8 Å². The quantitative estimate of drug-likeness (QED) is 0.503. The summed E-state index contributed by atoms with van der Waals surface area (Å²) in [4.78, 5) is 2.03. The summed E-state index contributed by atoms with van der Waals surface area (Å²) >= 11 is 0. The van der Waals surface area contributed by atoms with Gasteiger partial charge in [-0.1, -0.05) is 0 Å². The van der Waals surface area contributed by atoms with E-state index in [0.29, 0.717) is 6.61 Å². The van der Waals surface area contributed by atoms with E-state index in [1.807, 2.05) is 11.8 Å². The molecule has 0 bridgehead atoms. The first-order valence-corrected chi connectivity index (χ1v) is 4.54. The fourth-order valence-electron chi connectivity index (χ4n) is 1.09. The summed E-state index contributed by atoms with van der Waals surface area (Å²) in [6.07, 6.45) is 3.12. The number of ether oxygens (including phenoxy) is 1. The van der Waals surface area contributed by atoms with Gasteiger partial charge in [0.2, 0.25) is 0 Å². The average Bonchev–Trinajstić information content (AvgIpc) is 2.16. The smallest absolute Gasteiger partial charge is 0.0955 e. The van der Waals surface area contributed by atoms with Gasteiger partial charge in [0.05, 0.1) is 18.1 Å². The maximum Gasteiger partial charge on any atom is 0.0955 e. The van der Waals surface area contributed by atoms with Crippen molar-refractivity contribution in [3.63, 3.8) is 0 Å². The SMILES string of the molecule is CCN(CCOC)/C(C=C(N)N)=C/N. The second-order valence-electron chi connectivity index (χ2n) is 2.81. The Morgan fingerprint density at radius 3 is 2.43 bits per heavy atom. The fraction of sp³-hybridized carbons (Fsp3) is 0.556. The molecular weight excluding hydrogens is 180 g/mol. The van der Waals surface area contributed by atoms with E-state index in [9.17, 15) is 0 Å². The highest BCUT2D eigenvalue weighted by Gasteiger charge is 2.04. The van der Waals surface area contributed by atoms with Crippen LogP contribution in [0, 0.1) is 0 Å². The highest BCUT2D eigenvalue weighted by Crippen LogP contribution is 2.04. The molecule has 0 rings (SSSR count). The largest absolute Gasteiger partial charge is 0.403 e. The molecule has 0 radical (unpaired) electrons. The second-order valence-corrected chi connectivity index (χ2v) is 2.81. The van der Waals surface area contributed by atoms with Crippen molar-refractivity contribution in [2.75, 3.05) is 26.8 Å². The number of hydrogen-bond acceptors (Lipinski definition) is 5. The van der Waals surface area contributed by atoms with E-state index in [2.05, 4.69) is 0 Å². The summed E-state index contributed by atoms with van der Waals surface area (Å²) in [5.74, 6) is 0.248. The Morgan fingerprint density at radius 2 is 2.07 bits per heavy atom. The maximum absolute atomic E-state index is 5.47. The number of nitrogens with two attached hydrogens (primary N) is 3. The third kappa shape index (κ3) is 4.61. The number of hydrogen-bond donors (Lipinski definition) is 3. The van der Waals surface area contributed by atoms with E-state index < -0.39 is 0 Å². The molecule has 0 aliphatic heterocycles. The van der Waals surface area contributed by atoms with Crippen LogP contribution >= 0.6 is 0 Å². The number of rotatable bonds is 6. The molecule has 0 aliphatic rings. The Morgan fingerprint density at radius 1 is 1.43 bits per heavy atom. The number of likely N-dealkylation sites (N-methyl/N-ethyl adjacent to an activating group) is 1. The van der Waals surface area contributed by atoms with Crippen molar-refractivity contribution in [2.24, 2.45) is 17.2 Å². The zero-order valence-corrected chi connectivity index (χ0v) is 8.86. The lowest BCUT2D eigenvalue weighted by atomic mass is 10.3. The molecule has 0 aliphatic carbocycles. The van der Waals surface area contributed by atoms with E-state index in [1.54, 1.807) is 13.2 Å². The van der Waals surface area contributed by atoms with Crippen molar-refractivity contribution in [1.29, 1.82) is 0 Å². The van der Waals surface area contributed by atoms with Gasteiger partial charge in [-0.25, -0.2) is 0 Å². The first kappa shape index (κ1) is 12.6. The predicted molar refractivity (Wildman–Crippen MR) is 57.9 cm³/mol. The molecule has 0 aromatic carbocycles. The maximum atomic E-state index is 5.47. The van der Waals surface area contributed by atoms with Crippen molar-refractivity contribution in [3.8, 4) is 0 Å². The minimum Gasteiger partial charge on any atom is -0.403 e. The summed E-state index contributed by atoms with van der Waals surface area (Å²) in [5.41, 5.74) is 17.0. The minimum atomic E-state index is 0.248. The van der Waals surface area contributed by atoms with Gasteiger partial charge in [0.25, 0.3) is 0 Å². The summed E-state index contributed by atoms with van der Waals surface area (Å²) in [5, 5.41) is 0. The molecule has 5 heteroatoms. The van der Waals surface area contributed by atoms with E-state index >= 15 is 0 Å². The van der Waals surface area contributed by atoms with Crippen LogP contribution in [0.5, 0.6) is 0 Å². The molecule has 0 spiro atoms. The highest BCUT2D eigenvalue weighted by atomic mass is 16.5. The molecule has 0 heterocycles. The molecule has 0 saturated heterocycles. The lowest BCUT2D eigenvalue weighted by Gasteiger charge is -2.23. The lowest BCUT2D eigenvalue weighted by molar-refractivity contribution is 0.168. The van der Waals surface area contributed by atoms with Gasteiger partial charge in [-0.15, -0.1) is 0 Å². The lowest BCUT2D eigenvalue weighted by Crippen LogP contribution is -2.27. The Balaban J connectivity index is 4.39. The van der Waals surface area contributed by atoms with Crippen molar-refractivity contribution in [1.82, 2.24) is 4.90 Å². The van der Waals surface area contributed by atoms with Crippen molar-refractivity contribution in [3.05, 3.63) is 23.8 Å². The Kier molecular flexibility index (Phi) is 6.39. The van der Waals surface area contributed by atoms with Crippen LogP contribution in [0.2, 0.25) is 0 Å². The van der Waals surface area contributed by atoms with Gasteiger partial charge in [-0.2, -0.15) is 0 Å². The van der Waals surface area contributed by atoms with Crippen LogP contribution in [-0.4, -0.2) is 31.7 Å². The monoisotopic (exact) mass is 200 g/mol. The van der Waals surface area contributed by atoms with Gasteiger partial charge in [0.1, 0.15) is 0 Å². The fourth-order valence-corrected chi connectivity index (χ4v) is 1.09. The molecule has 0 aromatic rings. The highest BCUT2D eigenvalue weighted by molar-refractivity contribution is 5.19. The van der Waals surface area contributed by atoms with Crippen LogP contribution in [0.3, 0.4) is 0 Å². The third-order valence-corrected chi connectivity index (χ3v) is 1.80. The van der Waals surface area contributed by atoms with Gasteiger partial charge >= 0.3 is 0 Å². The zero-order valence-electron chi connectivity index (χ0n) is 8.86. The Labute approximate surface area is 85.2 Å². The zero-order chi connectivity index (χ0) is 11.0. The molecule has 5 nitrogen and oxygen atoms in total. The first-order valence-electron chi connectivity index (χ1n) is 4.54. The van der Waals surface area contributed by atoms with Crippen LogP contribution < -0.4 is 17.2 Å². The van der Waals surface area contributed by atoms with Gasteiger partial charge in [-0.3, -0.25) is 0 Å². The number of nitrogens with zero attached hydrogens (tertiary/aromatic N) is 1. The normalized spacial score (nSPS) is 11.1. The summed E-state index contributed by atoms with van der Waals surface area (Å²) in [6.45, 7) is 4.26. The second kappa shape index (κ2) is 7.08. The van der Waals surface area contributed by atoms with E-state index in [-0.39, 0.29) is 5.82 Å². The molecule has 0 aromatic heterocycles. The molecule has 0 saturated carbocycles. The van der Waals surface area contributed by atoms with Crippen molar-refractivity contribution >= 4 is 0 Å². The van der Waals surface area contributed by atoms with Crippen LogP contribution in [0.1, 0.15) is 6.92 Å². The summed E-state index contributed by atoms with van der Waals surface area (Å²) in [6, 6.07) is 0. The molecule has 14 heavy (non-hydrogen) atoms. The van der Waals surface area contributed by atoms with Crippen LogP contribution in [0.4, 0.5) is 0 Å². The van der Waals surface area contributed by atoms with E-state index in [4.69, 9.17) is 21.9 Å². The molecular formula is C9H20N4O. The van der Waals surface area contributed by atoms with Crippen molar-refractivity contribution < 1.29 is 4.74 Å². The molecule has 0 fully saturated rings. The third-order valence-electron chi connectivity index (χ3n) is 1.80. The topological polar surface area (TPSA) is 90.5 Å². The average molecular weight is 200 g/mol. The Hall–Kier alpha value is -1.36. The summed E-state index contributed by atoms with van der Waals surface area (Å²) < 4.78 is 4.98. The molecule has 0 unspecified atom stereocenters. The minimum absolute atomic E-state index is 0.248. The van der Waals surface area contributed by atoms with Gasteiger partial charge in [-0.05, 0) is 6.92 Å². The van der Waals surface area contributed by atoms with Crippen LogP contribution in [0.25, 0.3) is 0 Å². The number of methoxy groups -OCH3 is 1. The van der Waals surface area contributed by atoms with Gasteiger partial charge in [0.15, 0.2) is 0 Å². The van der Waals surface area contributed by atoms with Crippen molar-refractivity contribution in [2.45, 2.75) is 6.92 Å². The van der Waals surface area contributed by atoms with Gasteiger partial charge in [0, 0.05) is 32.5 Å². The molecule has 0 atom stereocenters. The van der Waals surface area contributed by atoms with Crippen LogP contribution in [-0.2, 0) is 4.74 Å². The van der Waals surface area contributed by atoms with E-state index in [0.717, 1.165) is 18.8 Å². The molecule has 82 valence electrons. The standard InChI is InChI=1S/C9H20N4O/c1-3-13(4-5-14-2)8(7-10)6-9(11)12/h6-7H,3-5,10-12H2,1-2H3/b8-7+. The summed E-state index contributed by atoms with van der Waals surface area (Å²) in [7, 11) is 1.66. The van der Waals surface area contributed by atoms with E-state index in [1.165, 1.54) is 6.20 Å². The van der Waals surface area contributed by atoms with Crippen LogP contribution in [0.15, 0.2) is 23.8 Å². The number of allylic oxidation sites excluding steroid dienone is 1. The molecule has 0 amide bonds. The first-order chi connectivity index (χ1) is 6.65.